The van der Waals surface area contributed by atoms with Gasteiger partial charge in [0.1, 0.15) is 11.6 Å². The van der Waals surface area contributed by atoms with Crippen LogP contribution in [-0.2, 0) is 17.8 Å². The maximum absolute atomic E-state index is 10.9. The lowest BCUT2D eigenvalue weighted by Crippen LogP contribution is -2.27. The van der Waals surface area contributed by atoms with Crippen molar-refractivity contribution in [3.63, 3.8) is 0 Å². The molecule has 3 rings (SSSR count). The maximum atomic E-state index is 10.9. The fraction of sp³-hybridized carbons (Fsp3) is 0.700. The number of carbonyl (C=O) groups is 1. The van der Waals surface area contributed by atoms with Crippen molar-refractivity contribution < 1.29 is 9.90 Å². The number of aliphatic carboxylic acids is 1. The molecule has 1 unspecified atom stereocenters. The Bertz CT molecular complexity index is 409. The van der Waals surface area contributed by atoms with E-state index in [2.05, 4.69) is 10.2 Å². The fourth-order valence-electron chi connectivity index (χ4n) is 2.19. The van der Waals surface area contributed by atoms with Gasteiger partial charge in [0.2, 0.25) is 0 Å². The summed E-state index contributed by atoms with van der Waals surface area (Å²) >= 11 is 0. The molecule has 0 bridgehead atoms. The van der Waals surface area contributed by atoms with Gasteiger partial charge in [0.05, 0.1) is 5.92 Å². The van der Waals surface area contributed by atoms with E-state index in [0.717, 1.165) is 18.1 Å². The molecule has 1 fully saturated rings. The van der Waals surface area contributed by atoms with Gasteiger partial charge in [-0.15, -0.1) is 10.2 Å². The first-order valence-corrected chi connectivity index (χ1v) is 5.40. The van der Waals surface area contributed by atoms with Gasteiger partial charge in [-0.2, -0.15) is 0 Å². The van der Waals surface area contributed by atoms with Gasteiger partial charge in [0.25, 0.3) is 0 Å². The van der Waals surface area contributed by atoms with Gasteiger partial charge in [-0.25, -0.2) is 0 Å². The average Bonchev–Trinajstić information content (AvgIpc) is 2.98. The van der Waals surface area contributed by atoms with Gasteiger partial charge >= 0.3 is 5.97 Å². The molecule has 1 aliphatic carbocycles. The van der Waals surface area contributed by atoms with Crippen molar-refractivity contribution in [2.75, 3.05) is 0 Å². The first kappa shape index (κ1) is 8.88. The van der Waals surface area contributed by atoms with Crippen molar-refractivity contribution in [2.24, 2.45) is 5.92 Å². The predicted molar refractivity (Wildman–Crippen MR) is 51.4 cm³/mol. The highest BCUT2D eigenvalue weighted by molar-refractivity contribution is 5.70. The number of fused-ring (bicyclic) bond motifs is 1. The smallest absolute Gasteiger partial charge is 0.308 e. The summed E-state index contributed by atoms with van der Waals surface area (Å²) in [7, 11) is 0. The SMILES string of the molecule is O=C(O)C1CCc2nnc(C3CC3)n2C1. The zero-order valence-corrected chi connectivity index (χ0v) is 8.39. The van der Waals surface area contributed by atoms with E-state index in [0.29, 0.717) is 18.9 Å². The molecule has 5 nitrogen and oxygen atoms in total. The zero-order chi connectivity index (χ0) is 10.4. The van der Waals surface area contributed by atoms with Gasteiger partial charge in [-0.05, 0) is 19.3 Å². The number of carboxylic acids is 1. The average molecular weight is 207 g/mol. The normalized spacial score (nSPS) is 24.9. The third kappa shape index (κ3) is 1.42. The first-order chi connectivity index (χ1) is 7.25. The minimum Gasteiger partial charge on any atom is -0.481 e. The van der Waals surface area contributed by atoms with Gasteiger partial charge < -0.3 is 9.67 Å². The lowest BCUT2D eigenvalue weighted by atomic mass is 9.99. The van der Waals surface area contributed by atoms with Crippen molar-refractivity contribution in [3.05, 3.63) is 11.6 Å². The number of hydrogen-bond acceptors (Lipinski definition) is 3. The van der Waals surface area contributed by atoms with Crippen molar-refractivity contribution in [1.82, 2.24) is 14.8 Å². The highest BCUT2D eigenvalue weighted by Crippen LogP contribution is 2.40. The molecule has 80 valence electrons. The standard InChI is InChI=1S/C10H13N3O2/c14-10(15)7-3-4-8-11-12-9(6-1-2-6)13(8)5-7/h6-7H,1-5H2,(H,14,15). The lowest BCUT2D eigenvalue weighted by Gasteiger charge is -2.20. The summed E-state index contributed by atoms with van der Waals surface area (Å²) in [6.45, 7) is 0.559. The topological polar surface area (TPSA) is 68.0 Å². The van der Waals surface area contributed by atoms with Crippen LogP contribution in [0.1, 0.15) is 36.8 Å². The molecule has 1 aliphatic heterocycles. The fourth-order valence-corrected chi connectivity index (χ4v) is 2.19. The highest BCUT2D eigenvalue weighted by Gasteiger charge is 2.34. The largest absolute Gasteiger partial charge is 0.481 e. The molecule has 1 aromatic heterocycles. The molecule has 1 N–H and O–H groups in total. The number of aryl methyl sites for hydroxylation is 1. The van der Waals surface area contributed by atoms with Gasteiger partial charge in [-0.3, -0.25) is 4.79 Å². The molecule has 2 heterocycles. The Labute approximate surface area is 87.1 Å². The van der Waals surface area contributed by atoms with Crippen LogP contribution in [0.4, 0.5) is 0 Å². The second-order valence-corrected chi connectivity index (χ2v) is 4.43. The molecule has 2 aliphatic rings. The predicted octanol–water partition coefficient (Wildman–Crippen LogP) is 0.802. The Kier molecular flexibility index (Phi) is 1.81. The minimum atomic E-state index is -0.698. The van der Waals surface area contributed by atoms with E-state index in [4.69, 9.17) is 5.11 Å². The number of rotatable bonds is 2. The van der Waals surface area contributed by atoms with Crippen LogP contribution >= 0.6 is 0 Å². The van der Waals surface area contributed by atoms with Crippen molar-refractivity contribution in [3.8, 4) is 0 Å². The van der Waals surface area contributed by atoms with Crippen LogP contribution in [-0.4, -0.2) is 25.8 Å². The molecule has 0 amide bonds. The Balaban J connectivity index is 1.91. The van der Waals surface area contributed by atoms with Crippen LogP contribution in [0.5, 0.6) is 0 Å². The van der Waals surface area contributed by atoms with Crippen LogP contribution in [0.15, 0.2) is 0 Å². The summed E-state index contributed by atoms with van der Waals surface area (Å²) in [5.41, 5.74) is 0. The molecule has 0 aromatic carbocycles. The van der Waals surface area contributed by atoms with E-state index in [1.807, 2.05) is 4.57 Å². The summed E-state index contributed by atoms with van der Waals surface area (Å²) in [5.74, 6) is 1.56. The molecule has 15 heavy (non-hydrogen) atoms. The third-order valence-corrected chi connectivity index (χ3v) is 3.27. The number of carboxylic acid groups (broad SMARTS) is 1. The van der Waals surface area contributed by atoms with E-state index in [1.54, 1.807) is 0 Å². The Morgan fingerprint density at radius 2 is 2.13 bits per heavy atom. The highest BCUT2D eigenvalue weighted by atomic mass is 16.4. The van der Waals surface area contributed by atoms with E-state index in [-0.39, 0.29) is 5.92 Å². The van der Waals surface area contributed by atoms with Gasteiger partial charge in [-0.1, -0.05) is 0 Å². The zero-order valence-electron chi connectivity index (χ0n) is 8.39. The molecule has 1 atom stereocenters. The molecule has 0 spiro atoms. The quantitative estimate of drug-likeness (QED) is 0.779. The molecule has 0 saturated heterocycles. The van der Waals surface area contributed by atoms with Gasteiger partial charge in [0, 0.05) is 18.9 Å². The molecule has 0 radical (unpaired) electrons. The third-order valence-electron chi connectivity index (χ3n) is 3.27. The van der Waals surface area contributed by atoms with E-state index in [9.17, 15) is 4.79 Å². The van der Waals surface area contributed by atoms with Crippen LogP contribution in [0, 0.1) is 5.92 Å². The number of nitrogens with zero attached hydrogens (tertiary/aromatic N) is 3. The maximum Gasteiger partial charge on any atom is 0.308 e. The first-order valence-electron chi connectivity index (χ1n) is 5.40. The van der Waals surface area contributed by atoms with Crippen LogP contribution in [0.25, 0.3) is 0 Å². The summed E-state index contributed by atoms with van der Waals surface area (Å²) in [4.78, 5) is 10.9. The summed E-state index contributed by atoms with van der Waals surface area (Å²) in [6.07, 6.45) is 3.79. The monoisotopic (exact) mass is 207 g/mol. The Morgan fingerprint density at radius 1 is 1.33 bits per heavy atom. The van der Waals surface area contributed by atoms with Crippen LogP contribution in [0.3, 0.4) is 0 Å². The summed E-state index contributed by atoms with van der Waals surface area (Å²) in [5, 5.41) is 17.3. The summed E-state index contributed by atoms with van der Waals surface area (Å²) in [6, 6.07) is 0. The minimum absolute atomic E-state index is 0.258. The Hall–Kier alpha value is -1.39. The molecular weight excluding hydrogens is 194 g/mol. The van der Waals surface area contributed by atoms with Crippen LogP contribution in [0.2, 0.25) is 0 Å². The van der Waals surface area contributed by atoms with E-state index >= 15 is 0 Å². The van der Waals surface area contributed by atoms with Crippen LogP contribution < -0.4 is 0 Å². The second-order valence-electron chi connectivity index (χ2n) is 4.43. The second kappa shape index (κ2) is 3.05. The lowest BCUT2D eigenvalue weighted by molar-refractivity contribution is -0.142. The number of aromatic nitrogens is 3. The van der Waals surface area contributed by atoms with Crippen molar-refractivity contribution in [2.45, 2.75) is 38.1 Å². The van der Waals surface area contributed by atoms with E-state index < -0.39 is 5.97 Å². The number of hydrogen-bond donors (Lipinski definition) is 1. The Morgan fingerprint density at radius 3 is 2.80 bits per heavy atom. The molecule has 1 saturated carbocycles. The molecular formula is C10H13N3O2. The summed E-state index contributed by atoms with van der Waals surface area (Å²) < 4.78 is 2.03. The molecule has 1 aromatic rings. The van der Waals surface area contributed by atoms with Crippen molar-refractivity contribution >= 4 is 5.97 Å². The van der Waals surface area contributed by atoms with E-state index in [1.165, 1.54) is 12.8 Å². The van der Waals surface area contributed by atoms with Gasteiger partial charge in [0.15, 0.2) is 0 Å². The molecule has 5 heteroatoms. The van der Waals surface area contributed by atoms with Crippen molar-refractivity contribution in [1.29, 1.82) is 0 Å².